The first-order valence-electron chi connectivity index (χ1n) is 6.60. The Balaban J connectivity index is 2.24. The SMILES string of the molecule is O=[N+]([O-])c1cc(NCCO)ccc1N1CCCCC1. The molecule has 0 bridgehead atoms. The highest BCUT2D eigenvalue weighted by Crippen LogP contribution is 2.32. The van der Waals surface area contributed by atoms with Crippen LogP contribution in [0.1, 0.15) is 19.3 Å². The van der Waals surface area contributed by atoms with Gasteiger partial charge >= 0.3 is 0 Å². The molecule has 0 saturated carbocycles. The Morgan fingerprint density at radius 1 is 1.32 bits per heavy atom. The minimum Gasteiger partial charge on any atom is -0.395 e. The molecule has 1 aliphatic heterocycles. The van der Waals surface area contributed by atoms with Gasteiger partial charge in [0, 0.05) is 31.4 Å². The fourth-order valence-electron chi connectivity index (χ4n) is 2.38. The second-order valence-corrected chi connectivity index (χ2v) is 4.66. The van der Waals surface area contributed by atoms with E-state index >= 15 is 0 Å². The number of aliphatic hydroxyl groups excluding tert-OH is 1. The largest absolute Gasteiger partial charge is 0.395 e. The molecule has 6 heteroatoms. The molecule has 0 aliphatic carbocycles. The molecule has 1 aliphatic rings. The normalized spacial score (nSPS) is 15.3. The first-order chi connectivity index (χ1) is 9.22. The molecule has 104 valence electrons. The van der Waals surface area contributed by atoms with Gasteiger partial charge < -0.3 is 15.3 Å². The Hall–Kier alpha value is -1.82. The van der Waals surface area contributed by atoms with Gasteiger partial charge in [0.2, 0.25) is 0 Å². The van der Waals surface area contributed by atoms with Crippen LogP contribution in [0.25, 0.3) is 0 Å². The molecule has 2 rings (SSSR count). The van der Waals surface area contributed by atoms with Gasteiger partial charge in [0.1, 0.15) is 5.69 Å². The van der Waals surface area contributed by atoms with Gasteiger partial charge in [-0.1, -0.05) is 0 Å². The number of piperidine rings is 1. The summed E-state index contributed by atoms with van der Waals surface area (Å²) in [6.07, 6.45) is 3.36. The number of anilines is 2. The van der Waals surface area contributed by atoms with E-state index in [1.807, 2.05) is 6.07 Å². The maximum absolute atomic E-state index is 11.2. The number of benzene rings is 1. The van der Waals surface area contributed by atoms with Crippen LogP contribution in [0.5, 0.6) is 0 Å². The molecule has 1 saturated heterocycles. The van der Waals surface area contributed by atoms with Crippen molar-refractivity contribution in [2.24, 2.45) is 0 Å². The van der Waals surface area contributed by atoms with E-state index < -0.39 is 0 Å². The number of hydrogen-bond acceptors (Lipinski definition) is 5. The van der Waals surface area contributed by atoms with E-state index in [2.05, 4.69) is 10.2 Å². The van der Waals surface area contributed by atoms with Crippen LogP contribution in [0.3, 0.4) is 0 Å². The van der Waals surface area contributed by atoms with Crippen LogP contribution in [0.15, 0.2) is 18.2 Å². The van der Waals surface area contributed by atoms with Gasteiger partial charge in [0.25, 0.3) is 5.69 Å². The summed E-state index contributed by atoms with van der Waals surface area (Å²) < 4.78 is 0. The summed E-state index contributed by atoms with van der Waals surface area (Å²) in [6.45, 7) is 2.15. The standard InChI is InChI=1S/C13H19N3O3/c17-9-6-14-11-4-5-12(13(10-11)16(18)19)15-7-2-1-3-8-15/h4-5,10,14,17H,1-3,6-9H2. The molecular formula is C13H19N3O3. The van der Waals surface area contributed by atoms with Crippen molar-refractivity contribution in [1.29, 1.82) is 0 Å². The zero-order valence-corrected chi connectivity index (χ0v) is 10.8. The van der Waals surface area contributed by atoms with Gasteiger partial charge in [-0.05, 0) is 31.4 Å². The highest BCUT2D eigenvalue weighted by Gasteiger charge is 2.21. The van der Waals surface area contributed by atoms with E-state index in [1.165, 1.54) is 6.42 Å². The lowest BCUT2D eigenvalue weighted by Crippen LogP contribution is -2.29. The summed E-state index contributed by atoms with van der Waals surface area (Å²) in [5.41, 5.74) is 1.49. The molecule has 19 heavy (non-hydrogen) atoms. The lowest BCUT2D eigenvalue weighted by atomic mass is 10.1. The van der Waals surface area contributed by atoms with E-state index in [0.29, 0.717) is 17.9 Å². The van der Waals surface area contributed by atoms with Crippen molar-refractivity contribution in [2.45, 2.75) is 19.3 Å². The van der Waals surface area contributed by atoms with Gasteiger partial charge in [-0.3, -0.25) is 10.1 Å². The molecule has 6 nitrogen and oxygen atoms in total. The van der Waals surface area contributed by atoms with Crippen molar-refractivity contribution in [2.75, 3.05) is 36.5 Å². The van der Waals surface area contributed by atoms with E-state index in [9.17, 15) is 10.1 Å². The first-order valence-corrected chi connectivity index (χ1v) is 6.60. The van der Waals surface area contributed by atoms with Gasteiger partial charge in [-0.25, -0.2) is 0 Å². The van der Waals surface area contributed by atoms with Gasteiger partial charge in [-0.15, -0.1) is 0 Å². The second kappa shape index (κ2) is 6.38. The molecule has 1 fully saturated rings. The summed E-state index contributed by atoms with van der Waals surface area (Å²) in [6, 6.07) is 5.16. The van der Waals surface area contributed by atoms with Crippen LogP contribution >= 0.6 is 0 Å². The van der Waals surface area contributed by atoms with Crippen LogP contribution in [0.2, 0.25) is 0 Å². The van der Waals surface area contributed by atoms with Crippen LogP contribution < -0.4 is 10.2 Å². The van der Waals surface area contributed by atoms with Crippen LogP contribution in [0.4, 0.5) is 17.1 Å². The molecule has 2 N–H and O–H groups in total. The Morgan fingerprint density at radius 2 is 2.05 bits per heavy atom. The predicted molar refractivity (Wildman–Crippen MR) is 74.7 cm³/mol. The molecular weight excluding hydrogens is 246 g/mol. The Labute approximate surface area is 112 Å². The number of rotatable bonds is 5. The summed E-state index contributed by atoms with van der Waals surface area (Å²) in [5, 5.41) is 22.9. The molecule has 0 radical (unpaired) electrons. The maximum atomic E-state index is 11.2. The fraction of sp³-hybridized carbons (Fsp3) is 0.538. The molecule has 1 aromatic rings. The lowest BCUT2D eigenvalue weighted by Gasteiger charge is -2.28. The molecule has 0 spiro atoms. The van der Waals surface area contributed by atoms with Crippen molar-refractivity contribution in [3.63, 3.8) is 0 Å². The number of hydrogen-bond donors (Lipinski definition) is 2. The van der Waals surface area contributed by atoms with E-state index in [0.717, 1.165) is 25.9 Å². The minimum atomic E-state index is -0.339. The average molecular weight is 265 g/mol. The van der Waals surface area contributed by atoms with Crippen molar-refractivity contribution in [1.82, 2.24) is 0 Å². The third kappa shape index (κ3) is 3.35. The van der Waals surface area contributed by atoms with E-state index in [-0.39, 0.29) is 17.2 Å². The van der Waals surface area contributed by atoms with Crippen molar-refractivity contribution in [3.05, 3.63) is 28.3 Å². The number of nitro groups is 1. The summed E-state index contributed by atoms with van der Waals surface area (Å²) in [5.74, 6) is 0. The third-order valence-corrected chi connectivity index (χ3v) is 3.31. The van der Waals surface area contributed by atoms with Crippen LogP contribution in [-0.2, 0) is 0 Å². The zero-order valence-electron chi connectivity index (χ0n) is 10.8. The highest BCUT2D eigenvalue weighted by molar-refractivity contribution is 5.69. The number of nitrogens with one attached hydrogen (secondary N) is 1. The average Bonchev–Trinajstić information content (AvgIpc) is 2.45. The topological polar surface area (TPSA) is 78.6 Å². The summed E-state index contributed by atoms with van der Waals surface area (Å²) in [7, 11) is 0. The van der Waals surface area contributed by atoms with Gasteiger partial charge in [0.05, 0.1) is 11.5 Å². The van der Waals surface area contributed by atoms with Crippen LogP contribution in [-0.4, -0.2) is 36.3 Å². The van der Waals surface area contributed by atoms with Gasteiger partial charge in [-0.2, -0.15) is 0 Å². The highest BCUT2D eigenvalue weighted by atomic mass is 16.6. The summed E-state index contributed by atoms with van der Waals surface area (Å²) >= 11 is 0. The number of nitrogens with zero attached hydrogens (tertiary/aromatic N) is 2. The lowest BCUT2D eigenvalue weighted by molar-refractivity contribution is -0.384. The molecule has 0 aromatic heterocycles. The number of aliphatic hydroxyl groups is 1. The van der Waals surface area contributed by atoms with Crippen molar-refractivity contribution in [3.8, 4) is 0 Å². The first kappa shape index (κ1) is 13.6. The van der Waals surface area contributed by atoms with Gasteiger partial charge in [0.15, 0.2) is 0 Å². The molecule has 1 aromatic carbocycles. The van der Waals surface area contributed by atoms with Crippen molar-refractivity contribution < 1.29 is 10.0 Å². The second-order valence-electron chi connectivity index (χ2n) is 4.66. The molecule has 0 amide bonds. The van der Waals surface area contributed by atoms with E-state index in [4.69, 9.17) is 5.11 Å². The molecule has 0 atom stereocenters. The smallest absolute Gasteiger partial charge is 0.294 e. The monoisotopic (exact) mass is 265 g/mol. The Bertz CT molecular complexity index is 445. The van der Waals surface area contributed by atoms with E-state index in [1.54, 1.807) is 12.1 Å². The third-order valence-electron chi connectivity index (χ3n) is 3.31. The molecule has 1 heterocycles. The maximum Gasteiger partial charge on any atom is 0.294 e. The quantitative estimate of drug-likeness (QED) is 0.628. The fourth-order valence-corrected chi connectivity index (χ4v) is 2.38. The van der Waals surface area contributed by atoms with Crippen LogP contribution in [0, 0.1) is 10.1 Å². The molecule has 0 unspecified atom stereocenters. The zero-order chi connectivity index (χ0) is 13.7. The Morgan fingerprint density at radius 3 is 2.68 bits per heavy atom. The van der Waals surface area contributed by atoms with Crippen molar-refractivity contribution >= 4 is 17.1 Å². The predicted octanol–water partition coefficient (Wildman–Crippen LogP) is 1.99. The summed E-state index contributed by atoms with van der Waals surface area (Å²) in [4.78, 5) is 12.9. The minimum absolute atomic E-state index is 0.00166. The Kier molecular flexibility index (Phi) is 4.57. The number of nitro benzene ring substituents is 1.